The molecule has 0 radical (unpaired) electrons. The number of aliphatic carboxylic acids is 1. The van der Waals surface area contributed by atoms with Gasteiger partial charge in [-0.05, 0) is 30.7 Å². The molecular formula is C21H39N3O4. The summed E-state index contributed by atoms with van der Waals surface area (Å²) in [6.45, 7) is 16.8. The maximum atomic E-state index is 13.0. The fourth-order valence-electron chi connectivity index (χ4n) is 2.85. The van der Waals surface area contributed by atoms with Crippen LogP contribution in [0.2, 0.25) is 0 Å². The molecule has 0 aliphatic carbocycles. The molecule has 2 amide bonds. The molecule has 0 rings (SSSR count). The number of carboxylic acids is 1. The Labute approximate surface area is 169 Å². The zero-order valence-electron chi connectivity index (χ0n) is 19.1. The Morgan fingerprint density at radius 3 is 1.61 bits per heavy atom. The first-order valence-electron chi connectivity index (χ1n) is 9.72. The quantitative estimate of drug-likeness (QED) is 0.470. The molecule has 0 saturated carbocycles. The van der Waals surface area contributed by atoms with Crippen LogP contribution < -0.4 is 16.0 Å². The van der Waals surface area contributed by atoms with Gasteiger partial charge in [-0.1, -0.05) is 61.5 Å². The number of carbonyl (C=O) groups excluding carboxylic acids is 2. The molecule has 162 valence electrons. The Kier molecular flexibility index (Phi) is 9.37. The molecule has 3 atom stereocenters. The van der Waals surface area contributed by atoms with E-state index in [0.717, 1.165) is 0 Å². The van der Waals surface area contributed by atoms with Gasteiger partial charge in [0.15, 0.2) is 0 Å². The Hall–Kier alpha value is -1.89. The molecule has 0 aromatic carbocycles. The summed E-state index contributed by atoms with van der Waals surface area (Å²) in [4.78, 5) is 37.0. The molecular weight excluding hydrogens is 358 g/mol. The molecule has 1 unspecified atom stereocenters. The van der Waals surface area contributed by atoms with Crippen molar-refractivity contribution >= 4 is 17.8 Å². The Morgan fingerprint density at radius 2 is 1.29 bits per heavy atom. The Balaban J connectivity index is 5.62. The molecule has 0 heterocycles. The molecule has 0 spiro atoms. The number of nitrogens with one attached hydrogen (secondary N) is 3. The minimum Gasteiger partial charge on any atom is -0.478 e. The van der Waals surface area contributed by atoms with Gasteiger partial charge in [0.05, 0.1) is 12.1 Å². The monoisotopic (exact) mass is 397 g/mol. The number of carboxylic acid groups (broad SMARTS) is 1. The minimum atomic E-state index is -1.03. The summed E-state index contributed by atoms with van der Waals surface area (Å²) >= 11 is 0. The lowest BCUT2D eigenvalue weighted by Crippen LogP contribution is -2.60. The largest absolute Gasteiger partial charge is 0.478 e. The summed E-state index contributed by atoms with van der Waals surface area (Å²) < 4.78 is 0. The summed E-state index contributed by atoms with van der Waals surface area (Å²) in [6.07, 6.45) is 1.54. The number of likely N-dealkylation sites (N-methyl/N-ethyl adjacent to an activating group) is 1. The van der Waals surface area contributed by atoms with E-state index in [2.05, 4.69) is 16.0 Å². The first-order valence-corrected chi connectivity index (χ1v) is 9.72. The predicted molar refractivity (Wildman–Crippen MR) is 112 cm³/mol. The molecule has 0 aromatic rings. The van der Waals surface area contributed by atoms with E-state index in [1.165, 1.54) is 13.0 Å². The second kappa shape index (κ2) is 10.0. The standard InChI is InChI=1S/C21H39N3O4/c1-12(2)14(11-13(3)19(27)28)23-18(26)16(21(7,8)9)24-17(25)15(22-10)20(4,5)6/h11-12,14-16,22H,1-10H3,(H,23,26)(H,24,25)(H,27,28)/b13-11+/t14-,15?,16-/m1/s1. The third kappa shape index (κ3) is 8.00. The Bertz CT molecular complexity index is 598. The van der Waals surface area contributed by atoms with Crippen LogP contribution in [0.3, 0.4) is 0 Å². The second-order valence-corrected chi connectivity index (χ2v) is 9.83. The average Bonchev–Trinajstić information content (AvgIpc) is 2.49. The van der Waals surface area contributed by atoms with Crippen molar-refractivity contribution in [1.29, 1.82) is 0 Å². The molecule has 4 N–H and O–H groups in total. The van der Waals surface area contributed by atoms with Crippen LogP contribution in [0.4, 0.5) is 0 Å². The van der Waals surface area contributed by atoms with Crippen LogP contribution in [0.5, 0.6) is 0 Å². The molecule has 7 heteroatoms. The van der Waals surface area contributed by atoms with Crippen molar-refractivity contribution in [2.24, 2.45) is 16.7 Å². The lowest BCUT2D eigenvalue weighted by Gasteiger charge is -2.35. The maximum Gasteiger partial charge on any atom is 0.331 e. The molecule has 0 aromatic heterocycles. The van der Waals surface area contributed by atoms with Crippen molar-refractivity contribution in [2.45, 2.75) is 80.4 Å². The van der Waals surface area contributed by atoms with Crippen LogP contribution in [-0.4, -0.2) is 48.1 Å². The van der Waals surface area contributed by atoms with Crippen LogP contribution >= 0.6 is 0 Å². The molecule has 7 nitrogen and oxygen atoms in total. The van der Waals surface area contributed by atoms with Gasteiger partial charge in [0, 0.05) is 5.57 Å². The molecule has 0 aliphatic heterocycles. The summed E-state index contributed by atoms with van der Waals surface area (Å²) in [6, 6.07) is -1.67. The minimum absolute atomic E-state index is 0.00537. The summed E-state index contributed by atoms with van der Waals surface area (Å²) in [5.74, 6) is -1.61. The van der Waals surface area contributed by atoms with Crippen LogP contribution in [-0.2, 0) is 14.4 Å². The second-order valence-electron chi connectivity index (χ2n) is 9.83. The van der Waals surface area contributed by atoms with Gasteiger partial charge in [-0.3, -0.25) is 9.59 Å². The SMILES string of the molecule is CNC(C(=O)N[C@H](C(=O)N[C@H](/C=C(\C)C(=O)O)C(C)C)C(C)(C)C)C(C)(C)C. The van der Waals surface area contributed by atoms with Crippen LogP contribution in [0.25, 0.3) is 0 Å². The van der Waals surface area contributed by atoms with E-state index in [-0.39, 0.29) is 28.7 Å². The Morgan fingerprint density at radius 1 is 0.857 bits per heavy atom. The van der Waals surface area contributed by atoms with Crippen LogP contribution in [0, 0.1) is 16.7 Å². The van der Waals surface area contributed by atoms with Gasteiger partial charge in [0.25, 0.3) is 0 Å². The number of rotatable bonds is 8. The molecule has 28 heavy (non-hydrogen) atoms. The highest BCUT2D eigenvalue weighted by molar-refractivity contribution is 5.91. The normalized spacial score (nSPS) is 16.3. The number of amides is 2. The van der Waals surface area contributed by atoms with Gasteiger partial charge in [0.2, 0.25) is 11.8 Å². The first-order chi connectivity index (χ1) is 12.5. The molecule has 0 aliphatic rings. The van der Waals surface area contributed by atoms with Gasteiger partial charge in [0.1, 0.15) is 6.04 Å². The zero-order valence-corrected chi connectivity index (χ0v) is 19.1. The zero-order chi connectivity index (χ0) is 22.4. The maximum absolute atomic E-state index is 13.0. The van der Waals surface area contributed by atoms with Gasteiger partial charge in [-0.15, -0.1) is 0 Å². The predicted octanol–water partition coefficient (Wildman–Crippen LogP) is 2.32. The smallest absolute Gasteiger partial charge is 0.331 e. The number of hydrogen-bond acceptors (Lipinski definition) is 4. The van der Waals surface area contributed by atoms with Crippen LogP contribution in [0.1, 0.15) is 62.3 Å². The van der Waals surface area contributed by atoms with Crippen molar-refractivity contribution < 1.29 is 19.5 Å². The molecule has 0 fully saturated rings. The van der Waals surface area contributed by atoms with E-state index in [9.17, 15) is 14.4 Å². The summed E-state index contributed by atoms with van der Waals surface area (Å²) in [7, 11) is 1.72. The van der Waals surface area contributed by atoms with E-state index in [4.69, 9.17) is 5.11 Å². The molecule has 0 saturated heterocycles. The van der Waals surface area contributed by atoms with E-state index < -0.39 is 29.5 Å². The van der Waals surface area contributed by atoms with E-state index >= 15 is 0 Å². The molecule has 0 bridgehead atoms. The lowest BCUT2D eigenvalue weighted by molar-refractivity contribution is -0.134. The van der Waals surface area contributed by atoms with Crippen molar-refractivity contribution in [1.82, 2.24) is 16.0 Å². The van der Waals surface area contributed by atoms with Crippen molar-refractivity contribution in [2.75, 3.05) is 7.05 Å². The first kappa shape index (κ1) is 26.1. The third-order valence-electron chi connectivity index (χ3n) is 4.63. The van der Waals surface area contributed by atoms with E-state index in [1.54, 1.807) is 7.05 Å². The topological polar surface area (TPSA) is 108 Å². The third-order valence-corrected chi connectivity index (χ3v) is 4.63. The summed E-state index contributed by atoms with van der Waals surface area (Å²) in [5, 5.41) is 17.9. The van der Waals surface area contributed by atoms with Gasteiger partial charge < -0.3 is 21.1 Å². The fraction of sp³-hybridized carbons (Fsp3) is 0.762. The van der Waals surface area contributed by atoms with Crippen molar-refractivity contribution in [3.05, 3.63) is 11.6 Å². The summed E-state index contributed by atoms with van der Waals surface area (Å²) in [5.41, 5.74) is -0.680. The fourth-order valence-corrected chi connectivity index (χ4v) is 2.85. The van der Waals surface area contributed by atoms with E-state index in [0.29, 0.717) is 0 Å². The number of hydrogen-bond donors (Lipinski definition) is 4. The van der Waals surface area contributed by atoms with E-state index in [1.807, 2.05) is 55.4 Å². The van der Waals surface area contributed by atoms with Gasteiger partial charge in [-0.25, -0.2) is 4.79 Å². The van der Waals surface area contributed by atoms with Crippen molar-refractivity contribution in [3.63, 3.8) is 0 Å². The highest BCUT2D eigenvalue weighted by Gasteiger charge is 2.37. The van der Waals surface area contributed by atoms with Gasteiger partial charge >= 0.3 is 5.97 Å². The van der Waals surface area contributed by atoms with Crippen LogP contribution in [0.15, 0.2) is 11.6 Å². The average molecular weight is 398 g/mol. The van der Waals surface area contributed by atoms with Gasteiger partial charge in [-0.2, -0.15) is 0 Å². The highest BCUT2D eigenvalue weighted by atomic mass is 16.4. The highest BCUT2D eigenvalue weighted by Crippen LogP contribution is 2.23. The van der Waals surface area contributed by atoms with Crippen molar-refractivity contribution in [3.8, 4) is 0 Å². The lowest BCUT2D eigenvalue weighted by atomic mass is 9.83. The number of carbonyl (C=O) groups is 3.